The van der Waals surface area contributed by atoms with Crippen LogP contribution in [0.15, 0.2) is 54.7 Å². The summed E-state index contributed by atoms with van der Waals surface area (Å²) in [5.74, 6) is 0.605. The van der Waals surface area contributed by atoms with E-state index in [1.165, 1.54) is 10.6 Å². The number of carbonyl (C=O) groups excluding carboxylic acids is 1. The SMILES string of the molecule is Cc1cc(C(=O)NCc2cc3nc(-c4cccc(N5C[C@@H](C)O[C@@H](C)C5)n4)ccc3cn2)cc2c1CCN2S(C)(=O)=O. The topological polar surface area (TPSA) is 118 Å². The highest BCUT2D eigenvalue weighted by atomic mass is 32.2. The molecule has 4 aromatic rings. The quantitative estimate of drug-likeness (QED) is 0.362. The normalized spacial score (nSPS) is 18.8. The number of hydrogen-bond donors (Lipinski definition) is 1. The highest BCUT2D eigenvalue weighted by Crippen LogP contribution is 2.33. The number of nitrogens with zero attached hydrogens (tertiary/aromatic N) is 5. The molecule has 1 aromatic carbocycles. The average molecular weight is 587 g/mol. The molecule has 2 aliphatic heterocycles. The van der Waals surface area contributed by atoms with Gasteiger partial charge in [-0.15, -0.1) is 0 Å². The summed E-state index contributed by atoms with van der Waals surface area (Å²) in [5, 5.41) is 3.81. The van der Waals surface area contributed by atoms with Gasteiger partial charge in [0.1, 0.15) is 5.82 Å². The van der Waals surface area contributed by atoms with Gasteiger partial charge in [-0.3, -0.25) is 14.1 Å². The molecular formula is C31H34N6O4S. The van der Waals surface area contributed by atoms with Crippen molar-refractivity contribution >= 4 is 38.3 Å². The first-order chi connectivity index (χ1) is 20.0. The number of hydrogen-bond acceptors (Lipinski definition) is 8. The van der Waals surface area contributed by atoms with Gasteiger partial charge in [0, 0.05) is 36.8 Å². The Hall–Kier alpha value is -4.09. The number of amides is 1. The second-order valence-corrected chi connectivity index (χ2v) is 13.1. The number of nitrogens with one attached hydrogen (secondary N) is 1. The van der Waals surface area contributed by atoms with E-state index in [2.05, 4.69) is 29.0 Å². The largest absolute Gasteiger partial charge is 0.372 e. The number of fused-ring (bicyclic) bond motifs is 2. The lowest BCUT2D eigenvalue weighted by Crippen LogP contribution is -2.45. The Morgan fingerprint density at radius 2 is 1.81 bits per heavy atom. The number of aromatic nitrogens is 3. The van der Waals surface area contributed by atoms with Crippen molar-refractivity contribution in [3.63, 3.8) is 0 Å². The van der Waals surface area contributed by atoms with Crippen molar-refractivity contribution in [3.8, 4) is 11.4 Å². The number of morpholine rings is 1. The summed E-state index contributed by atoms with van der Waals surface area (Å²) in [6, 6.07) is 15.2. The van der Waals surface area contributed by atoms with Crippen LogP contribution in [0.25, 0.3) is 22.3 Å². The standard InChI is InChI=1S/C31H34N6O4S/c1-19-12-23(13-29-25(19)10-11-37(29)42(4,39)40)31(38)33-16-24-14-28-22(15-32-24)8-9-27(34-28)26-6-5-7-30(35-26)36-17-20(2)41-21(3)18-36/h5-9,12-15,20-21H,10-11,16-18H2,1-4H3,(H,33,38)/t20-,21+. The maximum absolute atomic E-state index is 13.1. The summed E-state index contributed by atoms with van der Waals surface area (Å²) >= 11 is 0. The molecule has 0 unspecified atom stereocenters. The van der Waals surface area contributed by atoms with Crippen molar-refractivity contribution in [1.29, 1.82) is 0 Å². The third kappa shape index (κ3) is 5.66. The van der Waals surface area contributed by atoms with E-state index in [0.717, 1.165) is 52.3 Å². The number of benzene rings is 1. The maximum Gasteiger partial charge on any atom is 0.251 e. The molecule has 2 atom stereocenters. The zero-order valence-electron chi connectivity index (χ0n) is 24.2. The summed E-state index contributed by atoms with van der Waals surface area (Å²) in [4.78, 5) is 29.6. The number of rotatable bonds is 6. The molecule has 42 heavy (non-hydrogen) atoms. The van der Waals surface area contributed by atoms with Crippen molar-refractivity contribution in [1.82, 2.24) is 20.3 Å². The van der Waals surface area contributed by atoms with Gasteiger partial charge in [-0.25, -0.2) is 18.4 Å². The first kappa shape index (κ1) is 28.0. The fourth-order valence-electron chi connectivity index (χ4n) is 5.83. The van der Waals surface area contributed by atoms with E-state index < -0.39 is 10.0 Å². The minimum atomic E-state index is -3.41. The van der Waals surface area contributed by atoms with Crippen LogP contribution >= 0.6 is 0 Å². The molecule has 0 radical (unpaired) electrons. The predicted octanol–water partition coefficient (Wildman–Crippen LogP) is 3.87. The van der Waals surface area contributed by atoms with E-state index in [1.807, 2.05) is 43.3 Å². The zero-order chi connectivity index (χ0) is 29.6. The third-order valence-electron chi connectivity index (χ3n) is 7.75. The van der Waals surface area contributed by atoms with E-state index in [0.29, 0.717) is 29.9 Å². The van der Waals surface area contributed by atoms with Crippen LogP contribution in [0.3, 0.4) is 0 Å². The van der Waals surface area contributed by atoms with E-state index in [1.54, 1.807) is 18.3 Å². The van der Waals surface area contributed by atoms with E-state index in [9.17, 15) is 13.2 Å². The van der Waals surface area contributed by atoms with Gasteiger partial charge in [0.2, 0.25) is 10.0 Å². The molecule has 2 aliphatic rings. The number of sulfonamides is 1. The minimum Gasteiger partial charge on any atom is -0.372 e. The average Bonchev–Trinajstić information content (AvgIpc) is 3.41. The Bertz CT molecular complexity index is 1780. The zero-order valence-corrected chi connectivity index (χ0v) is 25.0. The second-order valence-electron chi connectivity index (χ2n) is 11.2. The molecular weight excluding hydrogens is 552 g/mol. The van der Waals surface area contributed by atoms with Crippen LogP contribution in [0.2, 0.25) is 0 Å². The fourth-order valence-corrected chi connectivity index (χ4v) is 6.78. The molecule has 1 fully saturated rings. The molecule has 0 saturated carbocycles. The highest BCUT2D eigenvalue weighted by molar-refractivity contribution is 7.92. The lowest BCUT2D eigenvalue weighted by atomic mass is 10.0. The van der Waals surface area contributed by atoms with Crippen LogP contribution in [0, 0.1) is 6.92 Å². The summed E-state index contributed by atoms with van der Waals surface area (Å²) in [6.07, 6.45) is 3.85. The van der Waals surface area contributed by atoms with Gasteiger partial charge in [0.05, 0.1) is 53.3 Å². The predicted molar refractivity (Wildman–Crippen MR) is 163 cm³/mol. The number of anilines is 2. The smallest absolute Gasteiger partial charge is 0.251 e. The van der Waals surface area contributed by atoms with Gasteiger partial charge >= 0.3 is 0 Å². The summed E-state index contributed by atoms with van der Waals surface area (Å²) < 4.78 is 31.7. The molecule has 218 valence electrons. The molecule has 5 heterocycles. The van der Waals surface area contributed by atoms with Crippen LogP contribution in [0.4, 0.5) is 11.5 Å². The Kier molecular flexibility index (Phi) is 7.32. The van der Waals surface area contributed by atoms with Gasteiger partial charge in [-0.2, -0.15) is 0 Å². The number of pyridine rings is 3. The minimum absolute atomic E-state index is 0.137. The molecule has 0 aliphatic carbocycles. The van der Waals surface area contributed by atoms with Gasteiger partial charge in [0.15, 0.2) is 0 Å². The molecule has 11 heteroatoms. The van der Waals surface area contributed by atoms with Crippen LogP contribution < -0.4 is 14.5 Å². The fraction of sp³-hybridized carbons (Fsp3) is 0.355. The van der Waals surface area contributed by atoms with Gasteiger partial charge in [-0.1, -0.05) is 6.07 Å². The summed E-state index contributed by atoms with van der Waals surface area (Å²) in [6.45, 7) is 8.22. The van der Waals surface area contributed by atoms with Crippen molar-refractivity contribution in [2.24, 2.45) is 0 Å². The monoisotopic (exact) mass is 586 g/mol. The van der Waals surface area contributed by atoms with Crippen molar-refractivity contribution in [2.75, 3.05) is 35.1 Å². The molecule has 1 amide bonds. The number of ether oxygens (including phenoxy) is 1. The van der Waals surface area contributed by atoms with Crippen molar-refractivity contribution < 1.29 is 17.9 Å². The lowest BCUT2D eigenvalue weighted by molar-refractivity contribution is -0.00545. The lowest BCUT2D eigenvalue weighted by Gasteiger charge is -2.36. The second kappa shape index (κ2) is 11.0. The van der Waals surface area contributed by atoms with E-state index >= 15 is 0 Å². The molecule has 10 nitrogen and oxygen atoms in total. The number of carbonyl (C=O) groups is 1. The van der Waals surface area contributed by atoms with Crippen LogP contribution in [-0.4, -0.2) is 67.4 Å². The highest BCUT2D eigenvalue weighted by Gasteiger charge is 2.29. The molecule has 3 aromatic heterocycles. The first-order valence-electron chi connectivity index (χ1n) is 14.1. The van der Waals surface area contributed by atoms with Gasteiger partial charge < -0.3 is 15.0 Å². The van der Waals surface area contributed by atoms with Crippen LogP contribution in [0.1, 0.15) is 41.0 Å². The van der Waals surface area contributed by atoms with Crippen molar-refractivity contribution in [3.05, 3.63) is 77.1 Å². The molecule has 1 saturated heterocycles. The van der Waals surface area contributed by atoms with E-state index in [4.69, 9.17) is 14.7 Å². The Labute approximate surface area is 245 Å². The first-order valence-corrected chi connectivity index (χ1v) is 15.9. The van der Waals surface area contributed by atoms with E-state index in [-0.39, 0.29) is 24.7 Å². The van der Waals surface area contributed by atoms with Crippen LogP contribution in [-0.2, 0) is 27.7 Å². The molecule has 0 bridgehead atoms. The summed E-state index contributed by atoms with van der Waals surface area (Å²) in [5.41, 5.74) is 5.81. The Morgan fingerprint density at radius 3 is 2.57 bits per heavy atom. The van der Waals surface area contributed by atoms with Gasteiger partial charge in [-0.05, 0) is 80.8 Å². The molecule has 1 N–H and O–H groups in total. The summed E-state index contributed by atoms with van der Waals surface area (Å²) in [7, 11) is -3.41. The molecule has 6 rings (SSSR count). The Morgan fingerprint density at radius 1 is 1.05 bits per heavy atom. The van der Waals surface area contributed by atoms with Crippen molar-refractivity contribution in [2.45, 2.75) is 45.9 Å². The van der Waals surface area contributed by atoms with Gasteiger partial charge in [0.25, 0.3) is 5.91 Å². The molecule has 0 spiro atoms. The van der Waals surface area contributed by atoms with Crippen LogP contribution in [0.5, 0.6) is 0 Å². The Balaban J connectivity index is 1.20. The third-order valence-corrected chi connectivity index (χ3v) is 8.93. The maximum atomic E-state index is 13.1. The number of aryl methyl sites for hydroxylation is 1.